The number of nitrogens with zero attached hydrogens (tertiary/aromatic N) is 2. The van der Waals surface area contributed by atoms with Crippen LogP contribution in [-0.2, 0) is 9.59 Å². The average molecular weight is 459 g/mol. The fourth-order valence-electron chi connectivity index (χ4n) is 5.41. The van der Waals surface area contributed by atoms with Crippen LogP contribution in [0.3, 0.4) is 0 Å². The largest absolute Gasteiger partial charge is 0.495 e. The number of benzene rings is 2. The number of ketones is 1. The fourth-order valence-corrected chi connectivity index (χ4v) is 5.81. The highest BCUT2D eigenvalue weighted by molar-refractivity contribution is 6.35. The summed E-state index contributed by atoms with van der Waals surface area (Å²) in [6.45, 7) is 0.680. The Labute approximate surface area is 189 Å². The highest BCUT2D eigenvalue weighted by atomic mass is 35.5. The normalized spacial score (nSPS) is 27.5. The molecule has 0 aromatic heterocycles. The molecule has 2 aromatic carbocycles. The van der Waals surface area contributed by atoms with Crippen molar-refractivity contribution in [3.8, 4) is 5.75 Å². The Balaban J connectivity index is 1.59. The van der Waals surface area contributed by atoms with Crippen molar-refractivity contribution in [2.24, 2.45) is 11.8 Å². The van der Waals surface area contributed by atoms with Gasteiger partial charge in [0.15, 0.2) is 5.78 Å². The molecule has 2 amide bonds. The second-order valence-corrected chi connectivity index (χ2v) is 8.96. The van der Waals surface area contributed by atoms with E-state index in [-0.39, 0.29) is 17.7 Å². The SMILES string of the molecule is COc1ccc(Cl)cc1N1C(=O)C2C(C1=O)C(C(=O)c1ccccc1Cl)N1CCCC21. The molecule has 31 heavy (non-hydrogen) atoms. The zero-order valence-corrected chi connectivity index (χ0v) is 18.3. The Kier molecular flexibility index (Phi) is 5.04. The van der Waals surface area contributed by atoms with Gasteiger partial charge in [-0.15, -0.1) is 0 Å². The molecule has 3 fully saturated rings. The average Bonchev–Trinajstić information content (AvgIpc) is 3.40. The quantitative estimate of drug-likeness (QED) is 0.514. The number of hydrogen-bond donors (Lipinski definition) is 0. The second kappa shape index (κ2) is 7.62. The number of carbonyl (C=O) groups is 3. The van der Waals surface area contributed by atoms with Crippen LogP contribution in [0.5, 0.6) is 5.75 Å². The third-order valence-electron chi connectivity index (χ3n) is 6.64. The van der Waals surface area contributed by atoms with Gasteiger partial charge in [0, 0.05) is 16.6 Å². The van der Waals surface area contributed by atoms with E-state index in [1.165, 1.54) is 7.11 Å². The number of fused-ring (bicyclic) bond motifs is 3. The van der Waals surface area contributed by atoms with Crippen LogP contribution in [-0.4, -0.2) is 48.2 Å². The Morgan fingerprint density at radius 2 is 1.81 bits per heavy atom. The number of amides is 2. The van der Waals surface area contributed by atoms with Crippen LogP contribution in [0.4, 0.5) is 5.69 Å². The lowest BCUT2D eigenvalue weighted by molar-refractivity contribution is -0.123. The number of ether oxygens (including phenoxy) is 1. The first-order valence-electron chi connectivity index (χ1n) is 10.2. The molecule has 0 N–H and O–H groups in total. The number of carbonyl (C=O) groups excluding carboxylic acids is 3. The molecular formula is C23H20Cl2N2O4. The van der Waals surface area contributed by atoms with E-state index in [1.807, 2.05) is 4.90 Å². The summed E-state index contributed by atoms with van der Waals surface area (Å²) in [6.07, 6.45) is 1.65. The van der Waals surface area contributed by atoms with Crippen molar-refractivity contribution in [1.82, 2.24) is 4.90 Å². The third-order valence-corrected chi connectivity index (χ3v) is 7.21. The first kappa shape index (κ1) is 20.5. The van der Waals surface area contributed by atoms with E-state index >= 15 is 0 Å². The van der Waals surface area contributed by atoms with E-state index in [1.54, 1.807) is 42.5 Å². The van der Waals surface area contributed by atoms with Gasteiger partial charge >= 0.3 is 0 Å². The number of Topliss-reactive ketones (excluding diaryl/α,β-unsaturated/α-hetero) is 1. The predicted molar refractivity (Wildman–Crippen MR) is 117 cm³/mol. The number of hydrogen-bond acceptors (Lipinski definition) is 5. The molecule has 3 heterocycles. The van der Waals surface area contributed by atoms with Gasteiger partial charge < -0.3 is 4.74 Å². The van der Waals surface area contributed by atoms with Crippen molar-refractivity contribution in [1.29, 1.82) is 0 Å². The molecular weight excluding hydrogens is 439 g/mol. The molecule has 4 atom stereocenters. The van der Waals surface area contributed by atoms with Gasteiger partial charge in [-0.2, -0.15) is 0 Å². The van der Waals surface area contributed by atoms with Gasteiger partial charge in [0.2, 0.25) is 11.8 Å². The standard InChI is InChI=1S/C23H20Cl2N2O4/c1-31-17-9-8-12(24)11-16(17)27-22(29)18-15-7-4-10-26(15)20(19(18)23(27)30)21(28)13-5-2-3-6-14(13)25/h2-3,5-6,8-9,11,15,18-20H,4,7,10H2,1H3. The monoisotopic (exact) mass is 458 g/mol. The van der Waals surface area contributed by atoms with Gasteiger partial charge in [-0.05, 0) is 49.7 Å². The summed E-state index contributed by atoms with van der Waals surface area (Å²) in [5.41, 5.74) is 0.687. The molecule has 3 saturated heterocycles. The van der Waals surface area contributed by atoms with Crippen molar-refractivity contribution in [2.45, 2.75) is 24.9 Å². The predicted octanol–water partition coefficient (Wildman–Crippen LogP) is 3.84. The lowest BCUT2D eigenvalue weighted by atomic mass is 9.85. The molecule has 5 rings (SSSR count). The van der Waals surface area contributed by atoms with Crippen molar-refractivity contribution in [2.75, 3.05) is 18.6 Å². The fraction of sp³-hybridized carbons (Fsp3) is 0.348. The molecule has 6 nitrogen and oxygen atoms in total. The molecule has 8 heteroatoms. The van der Waals surface area contributed by atoms with Crippen LogP contribution < -0.4 is 9.64 Å². The molecule has 3 aliphatic heterocycles. The molecule has 3 aliphatic rings. The van der Waals surface area contributed by atoms with Crippen molar-refractivity contribution in [3.05, 3.63) is 58.1 Å². The highest BCUT2D eigenvalue weighted by Gasteiger charge is 2.65. The summed E-state index contributed by atoms with van der Waals surface area (Å²) in [7, 11) is 1.47. The van der Waals surface area contributed by atoms with Crippen LogP contribution in [0.25, 0.3) is 0 Å². The summed E-state index contributed by atoms with van der Waals surface area (Å²) in [4.78, 5) is 43.9. The van der Waals surface area contributed by atoms with E-state index < -0.39 is 23.8 Å². The lowest BCUT2D eigenvalue weighted by Gasteiger charge is -2.28. The number of methoxy groups -OCH3 is 1. The van der Waals surface area contributed by atoms with E-state index in [2.05, 4.69) is 0 Å². The Hall–Kier alpha value is -2.41. The van der Waals surface area contributed by atoms with Crippen molar-refractivity contribution < 1.29 is 19.1 Å². The topological polar surface area (TPSA) is 66.9 Å². The number of imide groups is 1. The smallest absolute Gasteiger partial charge is 0.239 e. The van der Waals surface area contributed by atoms with Gasteiger partial charge in [-0.1, -0.05) is 35.3 Å². The summed E-state index contributed by atoms with van der Waals surface area (Å²) >= 11 is 12.4. The molecule has 0 saturated carbocycles. The highest BCUT2D eigenvalue weighted by Crippen LogP contribution is 2.50. The Morgan fingerprint density at radius 1 is 1.06 bits per heavy atom. The number of anilines is 1. The molecule has 4 unspecified atom stereocenters. The van der Waals surface area contributed by atoms with Crippen molar-refractivity contribution in [3.63, 3.8) is 0 Å². The molecule has 0 aliphatic carbocycles. The van der Waals surface area contributed by atoms with Crippen LogP contribution in [0.1, 0.15) is 23.2 Å². The van der Waals surface area contributed by atoms with E-state index in [9.17, 15) is 14.4 Å². The van der Waals surface area contributed by atoms with Gasteiger partial charge in [0.05, 0.1) is 35.7 Å². The minimum Gasteiger partial charge on any atom is -0.495 e. The maximum absolute atomic E-state index is 13.6. The second-order valence-electron chi connectivity index (χ2n) is 8.12. The zero-order chi connectivity index (χ0) is 21.9. The number of halogens is 2. The van der Waals surface area contributed by atoms with Gasteiger partial charge in [-0.3, -0.25) is 19.3 Å². The van der Waals surface area contributed by atoms with Gasteiger partial charge in [-0.25, -0.2) is 4.90 Å². The first-order valence-corrected chi connectivity index (χ1v) is 11.0. The van der Waals surface area contributed by atoms with E-state index in [0.717, 1.165) is 17.7 Å². The summed E-state index contributed by atoms with van der Waals surface area (Å²) in [5, 5.41) is 0.733. The van der Waals surface area contributed by atoms with Crippen molar-refractivity contribution >= 4 is 46.5 Å². The minimum atomic E-state index is -0.759. The molecule has 2 aromatic rings. The van der Waals surface area contributed by atoms with E-state index in [4.69, 9.17) is 27.9 Å². The maximum Gasteiger partial charge on any atom is 0.239 e. The minimum absolute atomic E-state index is 0.145. The van der Waals surface area contributed by atoms with Crippen LogP contribution in [0.15, 0.2) is 42.5 Å². The zero-order valence-electron chi connectivity index (χ0n) is 16.8. The van der Waals surface area contributed by atoms with Gasteiger partial charge in [0.1, 0.15) is 5.75 Å². The molecule has 0 spiro atoms. The number of rotatable bonds is 4. The first-order chi connectivity index (χ1) is 14.9. The van der Waals surface area contributed by atoms with Crippen LogP contribution in [0.2, 0.25) is 10.0 Å². The molecule has 160 valence electrons. The summed E-state index contributed by atoms with van der Waals surface area (Å²) in [6, 6.07) is 10.8. The molecule has 0 radical (unpaired) electrons. The maximum atomic E-state index is 13.6. The summed E-state index contributed by atoms with van der Waals surface area (Å²) < 4.78 is 5.38. The third kappa shape index (κ3) is 3.00. The Morgan fingerprint density at radius 3 is 2.55 bits per heavy atom. The van der Waals surface area contributed by atoms with Gasteiger partial charge in [0.25, 0.3) is 0 Å². The Bertz CT molecular complexity index is 1100. The van der Waals surface area contributed by atoms with Crippen LogP contribution in [0, 0.1) is 11.8 Å². The van der Waals surface area contributed by atoms with E-state index in [0.29, 0.717) is 33.6 Å². The lowest BCUT2D eigenvalue weighted by Crippen LogP contribution is -2.46. The molecule has 0 bridgehead atoms. The van der Waals surface area contributed by atoms with Crippen LogP contribution >= 0.6 is 23.2 Å². The summed E-state index contributed by atoms with van der Waals surface area (Å²) in [5.74, 6) is -1.87.